The molecular weight excluding hydrogens is 320 g/mol. The molecule has 5 heteroatoms. The molecule has 25 heavy (non-hydrogen) atoms. The lowest BCUT2D eigenvalue weighted by atomic mass is 9.46. The summed E-state index contributed by atoms with van der Waals surface area (Å²) in [6, 6.07) is 0. The number of ether oxygens (including phenoxy) is 1. The largest absolute Gasteiger partial charge is 0.459 e. The average molecular weight is 350 g/mol. The molecule has 3 N–H and O–H groups in total. The molecule has 6 atom stereocenters. The van der Waals surface area contributed by atoms with E-state index in [0.29, 0.717) is 18.4 Å². The minimum Gasteiger partial charge on any atom is -0.459 e. The van der Waals surface area contributed by atoms with E-state index in [4.69, 9.17) is 4.74 Å². The second-order valence-corrected chi connectivity index (χ2v) is 8.54. The molecule has 0 spiro atoms. The molecule has 0 aromatic carbocycles. The van der Waals surface area contributed by atoms with E-state index in [2.05, 4.69) is 13.5 Å². The van der Waals surface area contributed by atoms with Gasteiger partial charge in [0.2, 0.25) is 0 Å². The van der Waals surface area contributed by atoms with Crippen LogP contribution in [0, 0.1) is 22.7 Å². The van der Waals surface area contributed by atoms with Crippen LogP contribution in [0.3, 0.4) is 0 Å². The fourth-order valence-electron chi connectivity index (χ4n) is 5.56. The number of allylic oxidation sites excluding steroid dienone is 2. The highest BCUT2D eigenvalue weighted by molar-refractivity contribution is 5.91. The zero-order chi connectivity index (χ0) is 18.4. The molecule has 1 aliphatic heterocycles. The number of aliphatic hydroxyl groups excluding tert-OH is 3. The quantitative estimate of drug-likeness (QED) is 0.411. The van der Waals surface area contributed by atoms with Gasteiger partial charge in [-0.15, -0.1) is 0 Å². The van der Waals surface area contributed by atoms with Crippen molar-refractivity contribution in [3.63, 3.8) is 0 Å². The predicted octanol–water partition coefficient (Wildman–Crippen LogP) is 1.96. The maximum absolute atomic E-state index is 11.8. The van der Waals surface area contributed by atoms with Crippen LogP contribution in [-0.2, 0) is 9.53 Å². The monoisotopic (exact) mass is 350 g/mol. The van der Waals surface area contributed by atoms with Crippen LogP contribution in [0.5, 0.6) is 0 Å². The Kier molecular flexibility index (Phi) is 4.86. The molecule has 5 nitrogen and oxygen atoms in total. The number of hydrogen-bond acceptors (Lipinski definition) is 5. The molecule has 3 fully saturated rings. The maximum Gasteiger partial charge on any atom is 0.336 e. The summed E-state index contributed by atoms with van der Waals surface area (Å²) >= 11 is 0. The van der Waals surface area contributed by atoms with Gasteiger partial charge in [-0.25, -0.2) is 4.79 Å². The van der Waals surface area contributed by atoms with Crippen LogP contribution in [0.1, 0.15) is 46.0 Å². The van der Waals surface area contributed by atoms with Crippen molar-refractivity contribution in [1.29, 1.82) is 0 Å². The number of hydrogen-bond donors (Lipinski definition) is 3. The second kappa shape index (κ2) is 6.53. The van der Waals surface area contributed by atoms with Gasteiger partial charge in [0.1, 0.15) is 12.7 Å². The molecule has 0 aromatic heterocycles. The number of esters is 1. The molecular formula is C20H30O5. The van der Waals surface area contributed by atoms with Crippen LogP contribution < -0.4 is 0 Å². The highest BCUT2D eigenvalue weighted by atomic mass is 16.6. The van der Waals surface area contributed by atoms with Gasteiger partial charge in [-0.05, 0) is 49.4 Å². The summed E-state index contributed by atoms with van der Waals surface area (Å²) in [5, 5.41) is 30.4. The maximum atomic E-state index is 11.8. The molecule has 2 saturated carbocycles. The number of fused-ring (bicyclic) bond motifs is 1. The summed E-state index contributed by atoms with van der Waals surface area (Å²) in [6.45, 7) is 8.50. The molecule has 140 valence electrons. The first-order valence-electron chi connectivity index (χ1n) is 9.26. The van der Waals surface area contributed by atoms with E-state index in [0.717, 1.165) is 24.8 Å². The smallest absolute Gasteiger partial charge is 0.336 e. The van der Waals surface area contributed by atoms with Crippen molar-refractivity contribution >= 4 is 5.97 Å². The third kappa shape index (κ3) is 2.86. The highest BCUT2D eigenvalue weighted by Crippen LogP contribution is 2.61. The highest BCUT2D eigenvalue weighted by Gasteiger charge is 2.57. The van der Waals surface area contributed by atoms with Crippen molar-refractivity contribution in [2.45, 2.75) is 58.2 Å². The lowest BCUT2D eigenvalue weighted by Gasteiger charge is -2.59. The average Bonchev–Trinajstić information content (AvgIpc) is 2.89. The van der Waals surface area contributed by atoms with E-state index >= 15 is 0 Å². The Hall–Kier alpha value is -1.17. The third-order valence-electron chi connectivity index (χ3n) is 7.23. The Morgan fingerprint density at radius 1 is 1.32 bits per heavy atom. The van der Waals surface area contributed by atoms with E-state index < -0.39 is 23.6 Å². The number of cyclic esters (lactones) is 1. The van der Waals surface area contributed by atoms with Gasteiger partial charge in [0.25, 0.3) is 0 Å². The van der Waals surface area contributed by atoms with Crippen molar-refractivity contribution in [1.82, 2.24) is 0 Å². The Labute approximate surface area is 149 Å². The third-order valence-corrected chi connectivity index (χ3v) is 7.23. The van der Waals surface area contributed by atoms with Crippen LogP contribution in [0.25, 0.3) is 0 Å². The van der Waals surface area contributed by atoms with E-state index in [1.54, 1.807) is 0 Å². The van der Waals surface area contributed by atoms with Crippen LogP contribution in [0.15, 0.2) is 23.8 Å². The van der Waals surface area contributed by atoms with Gasteiger partial charge in [0.15, 0.2) is 0 Å². The summed E-state index contributed by atoms with van der Waals surface area (Å²) in [4.78, 5) is 11.8. The first kappa shape index (κ1) is 18.6. The lowest BCUT2D eigenvalue weighted by molar-refractivity contribution is -0.151. The van der Waals surface area contributed by atoms with Gasteiger partial charge in [0, 0.05) is 5.41 Å². The van der Waals surface area contributed by atoms with Gasteiger partial charge in [-0.3, -0.25) is 0 Å². The van der Waals surface area contributed by atoms with Gasteiger partial charge in [-0.1, -0.05) is 32.1 Å². The fraction of sp³-hybridized carbons (Fsp3) is 0.750. The van der Waals surface area contributed by atoms with Crippen molar-refractivity contribution in [2.75, 3.05) is 13.2 Å². The standard InChI is InChI=1S/C20H30O5/c1-12-4-7-16-19(2,9-8-17(23)20(16,3)11-21)14(12)6-5-13-15(22)10-25-18(13)24/h5,14-17,21-23H,1,4,6-11H2,2-3H3/b13-5+/t14-,15-,16+,17-,19+,20?/m1/s1. The normalized spacial score (nSPS) is 46.2. The molecule has 3 rings (SSSR count). The number of aliphatic hydroxyl groups is 3. The Balaban J connectivity index is 1.89. The van der Waals surface area contributed by atoms with Gasteiger partial charge in [-0.2, -0.15) is 0 Å². The molecule has 2 aliphatic carbocycles. The lowest BCUT2D eigenvalue weighted by Crippen LogP contribution is -2.57. The Bertz CT molecular complexity index is 597. The first-order chi connectivity index (χ1) is 11.7. The topological polar surface area (TPSA) is 87.0 Å². The van der Waals surface area contributed by atoms with Gasteiger partial charge >= 0.3 is 5.97 Å². The van der Waals surface area contributed by atoms with Gasteiger partial charge in [0.05, 0.1) is 18.3 Å². The number of rotatable bonds is 3. The van der Waals surface area contributed by atoms with Gasteiger partial charge < -0.3 is 20.1 Å². The number of carbonyl (C=O) groups excluding carboxylic acids is 1. The summed E-state index contributed by atoms with van der Waals surface area (Å²) in [7, 11) is 0. The molecule has 0 bridgehead atoms. The molecule has 0 amide bonds. The molecule has 0 aromatic rings. The molecule has 0 radical (unpaired) electrons. The molecule has 1 heterocycles. The van der Waals surface area contributed by atoms with Crippen molar-refractivity contribution < 1.29 is 24.9 Å². The van der Waals surface area contributed by atoms with Crippen LogP contribution >= 0.6 is 0 Å². The predicted molar refractivity (Wildman–Crippen MR) is 93.6 cm³/mol. The van der Waals surface area contributed by atoms with E-state index in [9.17, 15) is 20.1 Å². The summed E-state index contributed by atoms with van der Waals surface area (Å²) in [5.41, 5.74) is 0.911. The van der Waals surface area contributed by atoms with E-state index in [1.165, 1.54) is 0 Å². The van der Waals surface area contributed by atoms with Crippen molar-refractivity contribution in [2.24, 2.45) is 22.7 Å². The van der Waals surface area contributed by atoms with Crippen LogP contribution in [0.2, 0.25) is 0 Å². The fourth-order valence-corrected chi connectivity index (χ4v) is 5.56. The van der Waals surface area contributed by atoms with Crippen molar-refractivity contribution in [3.05, 3.63) is 23.8 Å². The zero-order valence-corrected chi connectivity index (χ0v) is 15.2. The van der Waals surface area contributed by atoms with E-state index in [-0.39, 0.29) is 30.5 Å². The van der Waals surface area contributed by atoms with Crippen molar-refractivity contribution in [3.8, 4) is 0 Å². The number of carbonyl (C=O) groups is 1. The molecule has 3 aliphatic rings. The minimum atomic E-state index is -0.844. The zero-order valence-electron chi connectivity index (χ0n) is 15.2. The Morgan fingerprint density at radius 3 is 2.64 bits per heavy atom. The van der Waals surface area contributed by atoms with Crippen LogP contribution in [0.4, 0.5) is 0 Å². The van der Waals surface area contributed by atoms with E-state index in [1.807, 2.05) is 13.0 Å². The summed E-state index contributed by atoms with van der Waals surface area (Å²) in [5.74, 6) is -0.0734. The van der Waals surface area contributed by atoms with Crippen LogP contribution in [-0.4, -0.2) is 46.7 Å². The SMILES string of the molecule is C=C1CC[C@@H]2C(C)(CO)[C@H](O)CC[C@@]2(C)[C@@H]1C/C=C1/C(=O)OC[C@H]1O. The summed E-state index contributed by atoms with van der Waals surface area (Å²) < 4.78 is 4.90. The minimum absolute atomic E-state index is 0.0280. The molecule has 1 saturated heterocycles. The second-order valence-electron chi connectivity index (χ2n) is 8.54. The Morgan fingerprint density at radius 2 is 2.04 bits per heavy atom. The first-order valence-corrected chi connectivity index (χ1v) is 9.26. The molecule has 1 unspecified atom stereocenters. The summed E-state index contributed by atoms with van der Waals surface area (Å²) in [6.07, 6.45) is 4.42.